The third kappa shape index (κ3) is 2.51. The van der Waals surface area contributed by atoms with E-state index in [2.05, 4.69) is 15.5 Å². The molecule has 2 heterocycles. The Hall–Kier alpha value is -1.10. The molecule has 2 aromatic rings. The largest absolute Gasteiger partial charge is 0.339 e. The van der Waals surface area contributed by atoms with E-state index in [1.807, 2.05) is 24.3 Å². The van der Waals surface area contributed by atoms with Crippen LogP contribution in [0, 0.1) is 0 Å². The smallest absolute Gasteiger partial charge is 0.231 e. The van der Waals surface area contributed by atoms with E-state index in [0.717, 1.165) is 25.1 Å². The monoisotopic (exact) mass is 285 g/mol. The number of nitrogens with zero attached hydrogens (tertiary/aromatic N) is 2. The van der Waals surface area contributed by atoms with Gasteiger partial charge in [-0.2, -0.15) is 4.98 Å². The summed E-state index contributed by atoms with van der Waals surface area (Å²) in [6.07, 6.45) is 1.05. The molecule has 1 unspecified atom stereocenters. The Balaban J connectivity index is 0.00000120. The van der Waals surface area contributed by atoms with Crippen molar-refractivity contribution in [2.75, 3.05) is 13.1 Å². The van der Waals surface area contributed by atoms with Gasteiger partial charge in [0.25, 0.3) is 0 Å². The highest BCUT2D eigenvalue weighted by Gasteiger charge is 2.23. The van der Waals surface area contributed by atoms with Gasteiger partial charge in [0.15, 0.2) is 0 Å². The number of benzene rings is 1. The third-order valence-electron chi connectivity index (χ3n) is 2.97. The van der Waals surface area contributed by atoms with E-state index in [1.54, 1.807) is 0 Å². The first-order chi connectivity index (χ1) is 8.34. The zero-order valence-corrected chi connectivity index (χ0v) is 11.2. The van der Waals surface area contributed by atoms with Crippen molar-refractivity contribution in [3.8, 4) is 11.4 Å². The number of nitrogens with one attached hydrogen (secondary N) is 1. The number of aromatic nitrogens is 2. The summed E-state index contributed by atoms with van der Waals surface area (Å²) in [5.41, 5.74) is 0.815. The second-order valence-corrected chi connectivity index (χ2v) is 4.53. The van der Waals surface area contributed by atoms with Gasteiger partial charge < -0.3 is 9.84 Å². The van der Waals surface area contributed by atoms with Crippen LogP contribution < -0.4 is 5.32 Å². The molecule has 1 atom stereocenters. The molecule has 0 amide bonds. The maximum absolute atomic E-state index is 6.09. The molecule has 0 spiro atoms. The van der Waals surface area contributed by atoms with Crippen LogP contribution in [0.5, 0.6) is 0 Å². The lowest BCUT2D eigenvalue weighted by Crippen LogP contribution is -2.08. The maximum Gasteiger partial charge on any atom is 0.231 e. The van der Waals surface area contributed by atoms with Gasteiger partial charge in [-0.05, 0) is 25.1 Å². The first-order valence-corrected chi connectivity index (χ1v) is 6.01. The fourth-order valence-corrected chi connectivity index (χ4v) is 2.24. The average Bonchev–Trinajstić information content (AvgIpc) is 3.00. The second-order valence-electron chi connectivity index (χ2n) is 4.13. The Bertz CT molecular complexity index is 524. The van der Waals surface area contributed by atoms with Gasteiger partial charge in [-0.3, -0.25) is 0 Å². The lowest BCUT2D eigenvalue weighted by Gasteiger charge is -1.99. The van der Waals surface area contributed by atoms with E-state index >= 15 is 0 Å². The van der Waals surface area contributed by atoms with Crippen molar-refractivity contribution in [1.29, 1.82) is 0 Å². The highest BCUT2D eigenvalue weighted by molar-refractivity contribution is 6.33. The molecule has 1 aliphatic rings. The summed E-state index contributed by atoms with van der Waals surface area (Å²) in [4.78, 5) is 4.42. The molecular weight excluding hydrogens is 273 g/mol. The Labute approximate surface area is 116 Å². The molecule has 1 aromatic carbocycles. The summed E-state index contributed by atoms with van der Waals surface area (Å²) in [5.74, 6) is 1.60. The standard InChI is InChI=1S/C12H12ClN3O.ClH/c13-10-4-2-1-3-9(10)11-15-12(17-16-11)8-5-6-14-7-8;/h1-4,8,14H,5-7H2;1H. The van der Waals surface area contributed by atoms with Crippen LogP contribution in [0.25, 0.3) is 11.4 Å². The SMILES string of the molecule is Cl.Clc1ccccc1-c1noc(C2CCNC2)n1. The van der Waals surface area contributed by atoms with Gasteiger partial charge in [0.1, 0.15) is 0 Å². The summed E-state index contributed by atoms with van der Waals surface area (Å²) < 4.78 is 5.30. The minimum absolute atomic E-state index is 0. The molecule has 96 valence electrons. The van der Waals surface area contributed by atoms with Crippen molar-refractivity contribution < 1.29 is 4.52 Å². The number of hydrogen-bond donors (Lipinski definition) is 1. The first kappa shape index (κ1) is 13.3. The molecule has 1 saturated heterocycles. The summed E-state index contributed by atoms with van der Waals surface area (Å²) in [7, 11) is 0. The van der Waals surface area contributed by atoms with Crippen LogP contribution in [-0.2, 0) is 0 Å². The van der Waals surface area contributed by atoms with Crippen LogP contribution >= 0.6 is 24.0 Å². The van der Waals surface area contributed by atoms with Crippen LogP contribution in [0.4, 0.5) is 0 Å². The molecule has 3 rings (SSSR count). The second kappa shape index (κ2) is 5.69. The van der Waals surface area contributed by atoms with Crippen molar-refractivity contribution >= 4 is 24.0 Å². The van der Waals surface area contributed by atoms with Gasteiger partial charge in [0.05, 0.1) is 10.9 Å². The Morgan fingerprint density at radius 3 is 2.89 bits per heavy atom. The number of rotatable bonds is 2. The average molecular weight is 286 g/mol. The molecule has 6 heteroatoms. The van der Waals surface area contributed by atoms with Gasteiger partial charge in [-0.25, -0.2) is 0 Å². The fraction of sp³-hybridized carbons (Fsp3) is 0.333. The summed E-state index contributed by atoms with van der Waals surface area (Å²) >= 11 is 6.09. The van der Waals surface area contributed by atoms with Gasteiger partial charge >= 0.3 is 0 Å². The predicted molar refractivity (Wildman–Crippen MR) is 72.2 cm³/mol. The van der Waals surface area contributed by atoms with Crippen molar-refractivity contribution in [3.05, 3.63) is 35.2 Å². The molecule has 1 N–H and O–H groups in total. The van der Waals surface area contributed by atoms with Gasteiger partial charge in [-0.15, -0.1) is 12.4 Å². The van der Waals surface area contributed by atoms with Gasteiger partial charge in [-0.1, -0.05) is 28.9 Å². The molecule has 1 aromatic heterocycles. The van der Waals surface area contributed by atoms with Crippen LogP contribution in [0.15, 0.2) is 28.8 Å². The molecule has 0 radical (unpaired) electrons. The van der Waals surface area contributed by atoms with E-state index in [4.69, 9.17) is 16.1 Å². The molecule has 0 bridgehead atoms. The van der Waals surface area contributed by atoms with Crippen molar-refractivity contribution in [3.63, 3.8) is 0 Å². The third-order valence-corrected chi connectivity index (χ3v) is 3.30. The fourth-order valence-electron chi connectivity index (χ4n) is 2.02. The normalized spacial score (nSPS) is 18.6. The summed E-state index contributed by atoms with van der Waals surface area (Å²) in [5, 5.41) is 7.91. The Kier molecular flexibility index (Phi) is 4.22. The lowest BCUT2D eigenvalue weighted by molar-refractivity contribution is 0.359. The molecule has 0 saturated carbocycles. The van der Waals surface area contributed by atoms with Crippen LogP contribution in [0.2, 0.25) is 5.02 Å². The Morgan fingerprint density at radius 2 is 2.17 bits per heavy atom. The molecule has 1 fully saturated rings. The zero-order chi connectivity index (χ0) is 11.7. The van der Waals surface area contributed by atoms with E-state index in [-0.39, 0.29) is 12.4 Å². The van der Waals surface area contributed by atoms with Crippen LogP contribution in [-0.4, -0.2) is 23.2 Å². The summed E-state index contributed by atoms with van der Waals surface area (Å²) in [6.45, 7) is 1.92. The van der Waals surface area contributed by atoms with Crippen LogP contribution in [0.3, 0.4) is 0 Å². The predicted octanol–water partition coefficient (Wildman–Crippen LogP) is 2.89. The molecule has 4 nitrogen and oxygen atoms in total. The van der Waals surface area contributed by atoms with E-state index < -0.39 is 0 Å². The van der Waals surface area contributed by atoms with Crippen molar-refractivity contribution in [1.82, 2.24) is 15.5 Å². The van der Waals surface area contributed by atoms with Gasteiger partial charge in [0.2, 0.25) is 11.7 Å². The van der Waals surface area contributed by atoms with E-state index in [1.165, 1.54) is 0 Å². The van der Waals surface area contributed by atoms with E-state index in [0.29, 0.717) is 22.7 Å². The van der Waals surface area contributed by atoms with Crippen molar-refractivity contribution in [2.45, 2.75) is 12.3 Å². The van der Waals surface area contributed by atoms with Crippen LogP contribution in [0.1, 0.15) is 18.2 Å². The molecular formula is C12H13Cl2N3O. The summed E-state index contributed by atoms with van der Waals surface area (Å²) in [6, 6.07) is 7.51. The lowest BCUT2D eigenvalue weighted by atomic mass is 10.1. The number of halogens is 2. The zero-order valence-electron chi connectivity index (χ0n) is 9.60. The highest BCUT2D eigenvalue weighted by Crippen LogP contribution is 2.27. The number of hydrogen-bond acceptors (Lipinski definition) is 4. The molecule has 18 heavy (non-hydrogen) atoms. The Morgan fingerprint density at radius 1 is 1.33 bits per heavy atom. The van der Waals surface area contributed by atoms with Crippen molar-refractivity contribution in [2.24, 2.45) is 0 Å². The topological polar surface area (TPSA) is 51.0 Å². The minimum atomic E-state index is 0. The quantitative estimate of drug-likeness (QED) is 0.922. The minimum Gasteiger partial charge on any atom is -0.339 e. The maximum atomic E-state index is 6.09. The van der Waals surface area contributed by atoms with Gasteiger partial charge in [0, 0.05) is 12.1 Å². The molecule has 1 aliphatic heterocycles. The highest BCUT2D eigenvalue weighted by atomic mass is 35.5. The van der Waals surface area contributed by atoms with E-state index in [9.17, 15) is 0 Å². The molecule has 0 aliphatic carbocycles. The first-order valence-electron chi connectivity index (χ1n) is 5.64.